The topological polar surface area (TPSA) is 50.9 Å². The van der Waals surface area contributed by atoms with Crippen molar-refractivity contribution in [2.45, 2.75) is 19.4 Å². The molecule has 0 radical (unpaired) electrons. The predicted molar refractivity (Wildman–Crippen MR) is 81.2 cm³/mol. The van der Waals surface area contributed by atoms with Crippen LogP contribution in [0.5, 0.6) is 0 Å². The van der Waals surface area contributed by atoms with Crippen molar-refractivity contribution in [1.29, 1.82) is 0 Å². The van der Waals surface area contributed by atoms with Gasteiger partial charge in [0.15, 0.2) is 0 Å². The summed E-state index contributed by atoms with van der Waals surface area (Å²) in [6.07, 6.45) is 1.50. The van der Waals surface area contributed by atoms with Crippen molar-refractivity contribution < 1.29 is 5.11 Å². The van der Waals surface area contributed by atoms with Gasteiger partial charge in [-0.3, -0.25) is 0 Å². The first-order chi connectivity index (χ1) is 10.2. The molecule has 4 heteroatoms. The molecule has 1 unspecified atom stereocenters. The van der Waals surface area contributed by atoms with Crippen molar-refractivity contribution in [1.82, 2.24) is 15.0 Å². The molecule has 2 aromatic carbocycles. The maximum Gasteiger partial charge on any atom is 0.112 e. The molecule has 0 amide bonds. The first-order valence-electron chi connectivity index (χ1n) is 6.93. The van der Waals surface area contributed by atoms with Gasteiger partial charge in [-0.15, -0.1) is 0 Å². The monoisotopic (exact) mass is 279 g/mol. The highest BCUT2D eigenvalue weighted by Crippen LogP contribution is 2.17. The van der Waals surface area contributed by atoms with E-state index in [1.165, 1.54) is 10.4 Å². The molecule has 1 atom stereocenters. The van der Waals surface area contributed by atoms with Crippen LogP contribution in [0.15, 0.2) is 60.8 Å². The molecule has 0 saturated heterocycles. The summed E-state index contributed by atoms with van der Waals surface area (Å²) in [5.41, 5.74) is 3.76. The van der Waals surface area contributed by atoms with E-state index in [0.29, 0.717) is 12.1 Å². The van der Waals surface area contributed by atoms with E-state index >= 15 is 0 Å². The van der Waals surface area contributed by atoms with Crippen LogP contribution in [-0.2, 0) is 6.42 Å². The van der Waals surface area contributed by atoms with Crippen LogP contribution in [-0.4, -0.2) is 20.1 Å². The Morgan fingerprint density at radius 2 is 1.76 bits per heavy atom. The number of aliphatic hydroxyl groups excluding tert-OH is 1. The van der Waals surface area contributed by atoms with Gasteiger partial charge in [-0.25, -0.2) is 0 Å². The number of aryl methyl sites for hydroxylation is 1. The van der Waals surface area contributed by atoms with Crippen LogP contribution < -0.4 is 0 Å². The zero-order chi connectivity index (χ0) is 14.7. The molecule has 3 rings (SSSR count). The Balaban J connectivity index is 1.75. The van der Waals surface area contributed by atoms with Crippen LogP contribution in [0.3, 0.4) is 0 Å². The van der Waals surface area contributed by atoms with Gasteiger partial charge in [-0.2, -0.15) is 15.0 Å². The number of para-hydroxylation sites is 1. The van der Waals surface area contributed by atoms with Gasteiger partial charge in [0.05, 0.1) is 11.9 Å². The van der Waals surface area contributed by atoms with E-state index in [-0.39, 0.29) is 0 Å². The summed E-state index contributed by atoms with van der Waals surface area (Å²) in [5, 5.41) is 18.8. The lowest BCUT2D eigenvalue weighted by atomic mass is 10.0. The number of hydrogen-bond acceptors (Lipinski definition) is 3. The average molecular weight is 279 g/mol. The smallest absolute Gasteiger partial charge is 0.112 e. The fourth-order valence-electron chi connectivity index (χ4n) is 2.17. The highest BCUT2D eigenvalue weighted by molar-refractivity contribution is 5.29. The second-order valence-corrected chi connectivity index (χ2v) is 5.10. The fourth-order valence-corrected chi connectivity index (χ4v) is 2.17. The van der Waals surface area contributed by atoms with Crippen molar-refractivity contribution in [3.63, 3.8) is 0 Å². The number of benzene rings is 2. The number of aromatic nitrogens is 3. The molecule has 0 aliphatic carbocycles. The molecular weight excluding hydrogens is 262 g/mol. The predicted octanol–water partition coefficient (Wildman–Crippen LogP) is 2.85. The third-order valence-electron chi connectivity index (χ3n) is 3.39. The highest BCUT2D eigenvalue weighted by Gasteiger charge is 2.13. The number of hydrogen-bond donors (Lipinski definition) is 1. The highest BCUT2D eigenvalue weighted by atomic mass is 16.3. The van der Waals surface area contributed by atoms with Gasteiger partial charge >= 0.3 is 0 Å². The molecule has 0 aliphatic heterocycles. The summed E-state index contributed by atoms with van der Waals surface area (Å²) in [5.74, 6) is 0. The van der Waals surface area contributed by atoms with Crippen molar-refractivity contribution >= 4 is 0 Å². The van der Waals surface area contributed by atoms with E-state index in [2.05, 4.69) is 10.2 Å². The SMILES string of the molecule is Cc1ccc(CC(O)c2cnn(-c3ccccc3)n2)cc1. The molecule has 0 aliphatic rings. The second kappa shape index (κ2) is 5.89. The molecule has 0 fully saturated rings. The maximum absolute atomic E-state index is 10.3. The average Bonchev–Trinajstić information content (AvgIpc) is 3.00. The molecule has 0 spiro atoms. The Kier molecular flexibility index (Phi) is 3.79. The molecule has 106 valence electrons. The normalized spacial score (nSPS) is 12.3. The minimum absolute atomic E-state index is 0.535. The lowest BCUT2D eigenvalue weighted by Gasteiger charge is -2.07. The molecule has 3 aromatic rings. The Morgan fingerprint density at radius 3 is 2.48 bits per heavy atom. The largest absolute Gasteiger partial charge is 0.386 e. The van der Waals surface area contributed by atoms with E-state index < -0.39 is 6.10 Å². The van der Waals surface area contributed by atoms with Crippen molar-refractivity contribution in [2.75, 3.05) is 0 Å². The van der Waals surface area contributed by atoms with Crippen LogP contribution in [0.2, 0.25) is 0 Å². The summed E-state index contributed by atoms with van der Waals surface area (Å²) < 4.78 is 0. The van der Waals surface area contributed by atoms with Crippen LogP contribution in [0, 0.1) is 6.92 Å². The van der Waals surface area contributed by atoms with Gasteiger partial charge in [-0.1, -0.05) is 48.0 Å². The third kappa shape index (κ3) is 3.17. The summed E-state index contributed by atoms with van der Waals surface area (Å²) in [6.45, 7) is 2.05. The summed E-state index contributed by atoms with van der Waals surface area (Å²) in [7, 11) is 0. The van der Waals surface area contributed by atoms with E-state index in [4.69, 9.17) is 0 Å². The number of rotatable bonds is 4. The molecule has 1 N–H and O–H groups in total. The van der Waals surface area contributed by atoms with Crippen molar-refractivity contribution in [3.05, 3.63) is 77.6 Å². The van der Waals surface area contributed by atoms with Crippen LogP contribution in [0.1, 0.15) is 22.9 Å². The van der Waals surface area contributed by atoms with Gasteiger partial charge < -0.3 is 5.11 Å². The number of aliphatic hydroxyl groups is 1. The fraction of sp³-hybridized carbons (Fsp3) is 0.176. The molecule has 1 heterocycles. The minimum Gasteiger partial charge on any atom is -0.386 e. The Hall–Kier alpha value is -2.46. The van der Waals surface area contributed by atoms with Gasteiger partial charge in [0.25, 0.3) is 0 Å². The van der Waals surface area contributed by atoms with E-state index in [0.717, 1.165) is 11.3 Å². The lowest BCUT2D eigenvalue weighted by molar-refractivity contribution is 0.173. The Morgan fingerprint density at radius 1 is 1.05 bits per heavy atom. The van der Waals surface area contributed by atoms with Crippen LogP contribution >= 0.6 is 0 Å². The first kappa shape index (κ1) is 13.5. The minimum atomic E-state index is -0.648. The molecule has 0 bridgehead atoms. The second-order valence-electron chi connectivity index (χ2n) is 5.10. The van der Waals surface area contributed by atoms with Gasteiger partial charge in [0.1, 0.15) is 11.8 Å². The van der Waals surface area contributed by atoms with Crippen LogP contribution in [0.25, 0.3) is 5.69 Å². The third-order valence-corrected chi connectivity index (χ3v) is 3.39. The quantitative estimate of drug-likeness (QED) is 0.799. The lowest BCUT2D eigenvalue weighted by Crippen LogP contribution is -2.04. The van der Waals surface area contributed by atoms with Crippen LogP contribution in [0.4, 0.5) is 0 Å². The van der Waals surface area contributed by atoms with Crippen molar-refractivity contribution in [3.8, 4) is 5.69 Å². The molecule has 21 heavy (non-hydrogen) atoms. The molecule has 0 saturated carbocycles. The summed E-state index contributed by atoms with van der Waals surface area (Å²) in [4.78, 5) is 1.54. The van der Waals surface area contributed by atoms with Crippen molar-refractivity contribution in [2.24, 2.45) is 0 Å². The van der Waals surface area contributed by atoms with E-state index in [1.54, 1.807) is 6.20 Å². The van der Waals surface area contributed by atoms with Gasteiger partial charge in [-0.05, 0) is 24.6 Å². The van der Waals surface area contributed by atoms with E-state index in [9.17, 15) is 5.11 Å². The van der Waals surface area contributed by atoms with Gasteiger partial charge in [0.2, 0.25) is 0 Å². The summed E-state index contributed by atoms with van der Waals surface area (Å²) >= 11 is 0. The molecular formula is C17H17N3O. The first-order valence-corrected chi connectivity index (χ1v) is 6.93. The zero-order valence-corrected chi connectivity index (χ0v) is 11.8. The molecule has 1 aromatic heterocycles. The Bertz CT molecular complexity index is 704. The summed E-state index contributed by atoms with van der Waals surface area (Å²) in [6, 6.07) is 17.8. The number of nitrogens with zero attached hydrogens (tertiary/aromatic N) is 3. The standard InChI is InChI=1S/C17H17N3O/c1-13-7-9-14(10-8-13)11-17(21)16-12-18-20(19-16)15-5-3-2-4-6-15/h2-10,12,17,21H,11H2,1H3. The van der Waals surface area contributed by atoms with E-state index in [1.807, 2.05) is 61.5 Å². The maximum atomic E-state index is 10.3. The zero-order valence-electron chi connectivity index (χ0n) is 11.8. The molecule has 4 nitrogen and oxygen atoms in total. The Labute approximate surface area is 123 Å². The van der Waals surface area contributed by atoms with Gasteiger partial charge in [0, 0.05) is 6.42 Å².